The summed E-state index contributed by atoms with van der Waals surface area (Å²) in [6, 6.07) is 3.41. The molecule has 0 fully saturated rings. The van der Waals surface area contributed by atoms with Crippen molar-refractivity contribution in [2.24, 2.45) is 0 Å². The van der Waals surface area contributed by atoms with E-state index >= 15 is 0 Å². The third-order valence-electron chi connectivity index (χ3n) is 3.19. The zero-order valence-electron chi connectivity index (χ0n) is 13.8. The van der Waals surface area contributed by atoms with Crippen molar-refractivity contribution < 1.29 is 19.0 Å². The summed E-state index contributed by atoms with van der Waals surface area (Å²) in [6.45, 7) is 3.27. The minimum absolute atomic E-state index is 0.106. The first kappa shape index (κ1) is 18.1. The van der Waals surface area contributed by atoms with Crippen LogP contribution in [-0.4, -0.2) is 40.3 Å². The van der Waals surface area contributed by atoms with Crippen LogP contribution in [0.15, 0.2) is 12.1 Å². The van der Waals surface area contributed by atoms with Gasteiger partial charge in [-0.2, -0.15) is 0 Å². The molecule has 0 spiro atoms. The number of methoxy groups -OCH3 is 3. The zero-order valence-corrected chi connectivity index (χ0v) is 13.8. The topological polar surface area (TPSA) is 68.8 Å². The van der Waals surface area contributed by atoms with Gasteiger partial charge in [0.1, 0.15) is 0 Å². The van der Waals surface area contributed by atoms with Crippen LogP contribution in [0.25, 0.3) is 0 Å². The lowest BCUT2D eigenvalue weighted by atomic mass is 10.2. The van der Waals surface area contributed by atoms with E-state index in [-0.39, 0.29) is 12.5 Å². The second-order valence-electron chi connectivity index (χ2n) is 4.85. The maximum Gasteiger partial charge on any atom is 0.238 e. The highest BCUT2D eigenvalue weighted by Gasteiger charge is 2.14. The van der Waals surface area contributed by atoms with Crippen molar-refractivity contribution in [1.82, 2.24) is 5.32 Å². The van der Waals surface area contributed by atoms with Gasteiger partial charge >= 0.3 is 0 Å². The number of hydrogen-bond acceptors (Lipinski definition) is 5. The average Bonchev–Trinajstić information content (AvgIpc) is 2.53. The SMILES string of the molecule is CCCCCNCC(=O)Nc1cc(OC)c(OC)c(OC)c1. The summed E-state index contributed by atoms with van der Waals surface area (Å²) in [4.78, 5) is 11.9. The second kappa shape index (κ2) is 9.89. The van der Waals surface area contributed by atoms with E-state index in [1.54, 1.807) is 19.2 Å². The highest BCUT2D eigenvalue weighted by atomic mass is 16.5. The number of nitrogens with one attached hydrogen (secondary N) is 2. The van der Waals surface area contributed by atoms with E-state index in [4.69, 9.17) is 14.2 Å². The van der Waals surface area contributed by atoms with E-state index < -0.39 is 0 Å². The van der Waals surface area contributed by atoms with E-state index in [9.17, 15) is 4.79 Å². The number of amides is 1. The predicted octanol–water partition coefficient (Wildman–Crippen LogP) is 2.43. The lowest BCUT2D eigenvalue weighted by Gasteiger charge is -2.14. The molecule has 0 saturated carbocycles. The van der Waals surface area contributed by atoms with Crippen LogP contribution < -0.4 is 24.8 Å². The zero-order chi connectivity index (χ0) is 16.4. The molecule has 0 heterocycles. The van der Waals surface area contributed by atoms with Gasteiger partial charge in [0.25, 0.3) is 0 Å². The van der Waals surface area contributed by atoms with Crippen LogP contribution in [0.3, 0.4) is 0 Å². The van der Waals surface area contributed by atoms with Crippen LogP contribution in [-0.2, 0) is 4.79 Å². The van der Waals surface area contributed by atoms with E-state index in [1.165, 1.54) is 27.1 Å². The van der Waals surface area contributed by atoms with Crippen molar-refractivity contribution in [3.8, 4) is 17.2 Å². The molecule has 0 atom stereocenters. The van der Waals surface area contributed by atoms with Gasteiger partial charge in [-0.15, -0.1) is 0 Å². The van der Waals surface area contributed by atoms with Gasteiger partial charge in [-0.25, -0.2) is 0 Å². The fourth-order valence-electron chi connectivity index (χ4n) is 2.06. The quantitative estimate of drug-likeness (QED) is 0.650. The molecule has 0 aliphatic rings. The molecular weight excluding hydrogens is 284 g/mol. The van der Waals surface area contributed by atoms with Gasteiger partial charge in [0, 0.05) is 17.8 Å². The van der Waals surface area contributed by atoms with E-state index in [0.717, 1.165) is 13.0 Å². The molecule has 22 heavy (non-hydrogen) atoms. The first-order valence-electron chi connectivity index (χ1n) is 7.46. The Hall–Kier alpha value is -1.95. The highest BCUT2D eigenvalue weighted by Crippen LogP contribution is 2.39. The second-order valence-corrected chi connectivity index (χ2v) is 4.85. The minimum atomic E-state index is -0.106. The van der Waals surface area contributed by atoms with Crippen LogP contribution >= 0.6 is 0 Å². The third-order valence-corrected chi connectivity index (χ3v) is 3.19. The monoisotopic (exact) mass is 310 g/mol. The Morgan fingerprint density at radius 1 is 1.05 bits per heavy atom. The molecule has 0 saturated heterocycles. The number of rotatable bonds is 10. The van der Waals surface area contributed by atoms with Gasteiger partial charge in [-0.05, 0) is 13.0 Å². The van der Waals surface area contributed by atoms with Crippen molar-refractivity contribution in [1.29, 1.82) is 0 Å². The fourth-order valence-corrected chi connectivity index (χ4v) is 2.06. The molecule has 6 nitrogen and oxygen atoms in total. The van der Waals surface area contributed by atoms with Gasteiger partial charge < -0.3 is 24.8 Å². The first-order chi connectivity index (χ1) is 10.7. The molecule has 6 heteroatoms. The Morgan fingerprint density at radius 2 is 1.68 bits per heavy atom. The molecule has 0 bridgehead atoms. The van der Waals surface area contributed by atoms with Gasteiger partial charge in [0.15, 0.2) is 11.5 Å². The van der Waals surface area contributed by atoms with Crippen LogP contribution in [0.5, 0.6) is 17.2 Å². The summed E-state index contributed by atoms with van der Waals surface area (Å²) in [6.07, 6.45) is 3.41. The van der Waals surface area contributed by atoms with Gasteiger partial charge in [-0.3, -0.25) is 4.79 Å². The highest BCUT2D eigenvalue weighted by molar-refractivity contribution is 5.93. The van der Waals surface area contributed by atoms with Crippen LogP contribution in [0.2, 0.25) is 0 Å². The number of benzene rings is 1. The van der Waals surface area contributed by atoms with Crippen molar-refractivity contribution >= 4 is 11.6 Å². The molecule has 1 rings (SSSR count). The largest absolute Gasteiger partial charge is 0.493 e. The standard InChI is InChI=1S/C16H26N2O4/c1-5-6-7-8-17-11-15(19)18-12-9-13(20-2)16(22-4)14(10-12)21-3/h9-10,17H,5-8,11H2,1-4H3,(H,18,19). The summed E-state index contributed by atoms with van der Waals surface area (Å²) in [5.74, 6) is 1.41. The molecule has 0 aliphatic carbocycles. The summed E-state index contributed by atoms with van der Waals surface area (Å²) >= 11 is 0. The van der Waals surface area contributed by atoms with E-state index in [0.29, 0.717) is 22.9 Å². The van der Waals surface area contributed by atoms with Crippen LogP contribution in [0.4, 0.5) is 5.69 Å². The molecule has 0 aromatic heterocycles. The Balaban J connectivity index is 2.63. The van der Waals surface area contributed by atoms with Crippen molar-refractivity contribution in [2.75, 3.05) is 39.7 Å². The Labute approximate surface area is 132 Å². The molecule has 1 aromatic carbocycles. The van der Waals surface area contributed by atoms with Gasteiger partial charge in [-0.1, -0.05) is 19.8 Å². The Bertz CT molecular complexity index is 452. The lowest BCUT2D eigenvalue weighted by Crippen LogP contribution is -2.28. The van der Waals surface area contributed by atoms with E-state index in [1.807, 2.05) is 0 Å². The Kier molecular flexibility index (Phi) is 8.14. The average molecular weight is 310 g/mol. The number of hydrogen-bond donors (Lipinski definition) is 2. The van der Waals surface area contributed by atoms with Gasteiger partial charge in [0.2, 0.25) is 11.7 Å². The smallest absolute Gasteiger partial charge is 0.238 e. The molecular formula is C16H26N2O4. The van der Waals surface area contributed by atoms with Crippen molar-refractivity contribution in [3.05, 3.63) is 12.1 Å². The summed E-state index contributed by atoms with van der Waals surface area (Å²) < 4.78 is 15.8. The summed E-state index contributed by atoms with van der Waals surface area (Å²) in [5, 5.41) is 5.94. The fraction of sp³-hybridized carbons (Fsp3) is 0.562. The molecule has 1 aromatic rings. The van der Waals surface area contributed by atoms with E-state index in [2.05, 4.69) is 17.6 Å². The minimum Gasteiger partial charge on any atom is -0.493 e. The van der Waals surface area contributed by atoms with Gasteiger partial charge in [0.05, 0.1) is 27.9 Å². The molecule has 1 amide bonds. The van der Waals surface area contributed by atoms with Crippen LogP contribution in [0, 0.1) is 0 Å². The van der Waals surface area contributed by atoms with Crippen molar-refractivity contribution in [2.45, 2.75) is 26.2 Å². The third kappa shape index (κ3) is 5.44. The maximum absolute atomic E-state index is 11.9. The molecule has 2 N–H and O–H groups in total. The molecule has 0 aliphatic heterocycles. The molecule has 124 valence electrons. The molecule has 0 unspecified atom stereocenters. The summed E-state index contributed by atoms with van der Waals surface area (Å²) in [5.41, 5.74) is 0.606. The molecule has 0 radical (unpaired) electrons. The predicted molar refractivity (Wildman–Crippen MR) is 87.1 cm³/mol. The normalized spacial score (nSPS) is 10.2. The van der Waals surface area contributed by atoms with Crippen LogP contribution in [0.1, 0.15) is 26.2 Å². The lowest BCUT2D eigenvalue weighted by molar-refractivity contribution is -0.115. The number of ether oxygens (including phenoxy) is 3. The maximum atomic E-state index is 11.9. The number of carbonyl (C=O) groups is 1. The summed E-state index contributed by atoms with van der Waals surface area (Å²) in [7, 11) is 4.62. The Morgan fingerprint density at radius 3 is 2.18 bits per heavy atom. The van der Waals surface area contributed by atoms with Crippen molar-refractivity contribution in [3.63, 3.8) is 0 Å². The number of unbranched alkanes of at least 4 members (excludes halogenated alkanes) is 2. The number of anilines is 1. The number of carbonyl (C=O) groups excluding carboxylic acids is 1. The first-order valence-corrected chi connectivity index (χ1v) is 7.46.